The Hall–Kier alpha value is -2.95. The van der Waals surface area contributed by atoms with Gasteiger partial charge in [-0.3, -0.25) is 0 Å². The zero-order valence-electron chi connectivity index (χ0n) is 14.9. The molecule has 0 radical (unpaired) electrons. The van der Waals surface area contributed by atoms with Gasteiger partial charge in [-0.25, -0.2) is 0 Å². The van der Waals surface area contributed by atoms with Crippen molar-refractivity contribution in [2.45, 2.75) is 25.4 Å². The highest BCUT2D eigenvalue weighted by Gasteiger charge is 2.60. The summed E-state index contributed by atoms with van der Waals surface area (Å²) in [6, 6.07) is 15.5. The minimum Gasteiger partial charge on any atom is -0.508 e. The van der Waals surface area contributed by atoms with Gasteiger partial charge in [-0.15, -0.1) is 0 Å². The number of alkyl halides is 3. The van der Waals surface area contributed by atoms with Crippen molar-refractivity contribution >= 4 is 0 Å². The molecule has 0 amide bonds. The van der Waals surface area contributed by atoms with Crippen LogP contribution in [0.2, 0.25) is 0 Å². The molecule has 140 valence electrons. The molecule has 0 saturated heterocycles. The van der Waals surface area contributed by atoms with Crippen molar-refractivity contribution in [2.75, 3.05) is 0 Å². The first kappa shape index (κ1) is 18.8. The number of aryl methyl sites for hydroxylation is 2. The molecule has 0 aliphatic heterocycles. The molecular weight excluding hydrogens is 353 g/mol. The van der Waals surface area contributed by atoms with E-state index in [1.54, 1.807) is 19.9 Å². The summed E-state index contributed by atoms with van der Waals surface area (Å²) in [6.07, 6.45) is -4.83. The minimum atomic E-state index is -4.83. The molecule has 3 aromatic carbocycles. The number of phenols is 2. The summed E-state index contributed by atoms with van der Waals surface area (Å²) >= 11 is 0. The molecule has 0 unspecified atom stereocenters. The molecule has 0 fully saturated rings. The van der Waals surface area contributed by atoms with E-state index in [4.69, 9.17) is 0 Å². The molecule has 0 aromatic heterocycles. The van der Waals surface area contributed by atoms with E-state index in [0.29, 0.717) is 11.1 Å². The fourth-order valence-corrected chi connectivity index (χ4v) is 3.53. The Morgan fingerprint density at radius 3 is 1.48 bits per heavy atom. The first-order valence-corrected chi connectivity index (χ1v) is 8.40. The van der Waals surface area contributed by atoms with Gasteiger partial charge in [0.15, 0.2) is 0 Å². The zero-order chi connectivity index (χ0) is 19.8. The summed E-state index contributed by atoms with van der Waals surface area (Å²) in [7, 11) is 0. The summed E-state index contributed by atoms with van der Waals surface area (Å²) < 4.78 is 44.3. The van der Waals surface area contributed by atoms with Gasteiger partial charge in [-0.2, -0.15) is 13.2 Å². The second-order valence-corrected chi connectivity index (χ2v) is 6.65. The lowest BCUT2D eigenvalue weighted by atomic mass is 9.68. The lowest BCUT2D eigenvalue weighted by Gasteiger charge is -2.38. The molecule has 0 aliphatic carbocycles. The maximum atomic E-state index is 14.8. The number of halogens is 3. The van der Waals surface area contributed by atoms with Crippen molar-refractivity contribution in [1.29, 1.82) is 0 Å². The van der Waals surface area contributed by atoms with Gasteiger partial charge in [0.2, 0.25) is 0 Å². The van der Waals surface area contributed by atoms with Crippen LogP contribution in [0.25, 0.3) is 0 Å². The van der Waals surface area contributed by atoms with Gasteiger partial charge in [-0.05, 0) is 42.7 Å². The number of aromatic hydroxyl groups is 2. The van der Waals surface area contributed by atoms with E-state index in [0.717, 1.165) is 0 Å². The monoisotopic (exact) mass is 372 g/mol. The molecule has 0 heterocycles. The Kier molecular flexibility index (Phi) is 4.64. The maximum Gasteiger partial charge on any atom is 0.406 e. The SMILES string of the molecule is Cc1ccc(C(c2ccccc2)(c2ccc(C)cc2O)C(F)(F)F)c(O)c1. The standard InChI is InChI=1S/C22H19F3O2/c1-14-8-10-17(19(26)12-14)21(22(23,24)25,16-6-4-3-5-7-16)18-11-9-15(2)13-20(18)27/h3-13,26-27H,1-2H3. The first-order valence-electron chi connectivity index (χ1n) is 8.40. The van der Waals surface area contributed by atoms with Crippen LogP contribution in [0, 0.1) is 13.8 Å². The van der Waals surface area contributed by atoms with Crippen LogP contribution < -0.4 is 0 Å². The van der Waals surface area contributed by atoms with E-state index >= 15 is 0 Å². The van der Waals surface area contributed by atoms with E-state index in [-0.39, 0.29) is 16.7 Å². The second kappa shape index (κ2) is 6.65. The van der Waals surface area contributed by atoms with E-state index in [9.17, 15) is 23.4 Å². The third kappa shape index (κ3) is 3.03. The Morgan fingerprint density at radius 2 is 1.11 bits per heavy atom. The lowest BCUT2D eigenvalue weighted by molar-refractivity contribution is -0.167. The van der Waals surface area contributed by atoms with Gasteiger partial charge < -0.3 is 10.2 Å². The van der Waals surface area contributed by atoms with Gasteiger partial charge in [-0.1, -0.05) is 54.6 Å². The van der Waals surface area contributed by atoms with Crippen molar-refractivity contribution in [3.8, 4) is 11.5 Å². The average Bonchev–Trinajstić information content (AvgIpc) is 2.58. The summed E-state index contributed by atoms with van der Waals surface area (Å²) in [6.45, 7) is 3.37. The number of hydrogen-bond acceptors (Lipinski definition) is 2. The summed E-state index contributed by atoms with van der Waals surface area (Å²) in [5, 5.41) is 21.0. The van der Waals surface area contributed by atoms with Gasteiger partial charge in [0, 0.05) is 11.1 Å². The first-order chi connectivity index (χ1) is 12.7. The largest absolute Gasteiger partial charge is 0.508 e. The number of rotatable bonds is 3. The third-order valence-corrected chi connectivity index (χ3v) is 4.75. The highest BCUT2D eigenvalue weighted by Crippen LogP contribution is 2.55. The summed E-state index contributed by atoms with van der Waals surface area (Å²) in [5.74, 6) is -0.952. The lowest BCUT2D eigenvalue weighted by Crippen LogP contribution is -2.44. The molecule has 5 heteroatoms. The highest BCUT2D eigenvalue weighted by atomic mass is 19.4. The quantitative estimate of drug-likeness (QED) is 0.587. The summed E-state index contributed by atoms with van der Waals surface area (Å²) in [5.41, 5.74) is -2.20. The molecule has 2 N–H and O–H groups in total. The van der Waals surface area contributed by atoms with E-state index < -0.39 is 23.1 Å². The van der Waals surface area contributed by atoms with Crippen LogP contribution in [0.1, 0.15) is 27.8 Å². The minimum absolute atomic E-state index is 0.0872. The van der Waals surface area contributed by atoms with Crippen molar-refractivity contribution in [3.63, 3.8) is 0 Å². The predicted molar refractivity (Wildman–Crippen MR) is 98.1 cm³/mol. The fraction of sp³-hybridized carbons (Fsp3) is 0.182. The van der Waals surface area contributed by atoms with Gasteiger partial charge in [0.1, 0.15) is 16.9 Å². The smallest absolute Gasteiger partial charge is 0.406 e. The molecule has 0 atom stereocenters. The van der Waals surface area contributed by atoms with Crippen molar-refractivity contribution < 1.29 is 23.4 Å². The van der Waals surface area contributed by atoms with Crippen LogP contribution in [0.4, 0.5) is 13.2 Å². The number of benzene rings is 3. The van der Waals surface area contributed by atoms with Crippen LogP contribution in [-0.2, 0) is 5.41 Å². The zero-order valence-corrected chi connectivity index (χ0v) is 14.9. The Bertz CT molecular complexity index is 912. The van der Waals surface area contributed by atoms with Gasteiger partial charge >= 0.3 is 6.18 Å². The van der Waals surface area contributed by atoms with Crippen molar-refractivity contribution in [3.05, 3.63) is 94.5 Å². The van der Waals surface area contributed by atoms with Crippen LogP contribution in [-0.4, -0.2) is 16.4 Å². The van der Waals surface area contributed by atoms with Crippen LogP contribution >= 0.6 is 0 Å². The topological polar surface area (TPSA) is 40.5 Å². The van der Waals surface area contributed by atoms with Crippen LogP contribution in [0.5, 0.6) is 11.5 Å². The molecule has 0 bridgehead atoms. The molecular formula is C22H19F3O2. The van der Waals surface area contributed by atoms with E-state index in [1.165, 1.54) is 60.7 Å². The Morgan fingerprint density at radius 1 is 0.667 bits per heavy atom. The molecule has 2 nitrogen and oxygen atoms in total. The van der Waals surface area contributed by atoms with Crippen molar-refractivity contribution in [2.24, 2.45) is 0 Å². The number of hydrogen-bond donors (Lipinski definition) is 2. The predicted octanol–water partition coefficient (Wildman–Crippen LogP) is 5.61. The molecule has 3 aromatic rings. The molecule has 3 rings (SSSR count). The molecule has 0 saturated carbocycles. The Balaban J connectivity index is 2.51. The van der Waals surface area contributed by atoms with E-state index in [2.05, 4.69) is 0 Å². The molecule has 0 aliphatic rings. The number of phenolic OH excluding ortho intramolecular Hbond substituents is 2. The van der Waals surface area contributed by atoms with Gasteiger partial charge in [0.25, 0.3) is 0 Å². The normalized spacial score (nSPS) is 12.2. The van der Waals surface area contributed by atoms with Crippen LogP contribution in [0.15, 0.2) is 66.7 Å². The van der Waals surface area contributed by atoms with Crippen molar-refractivity contribution in [1.82, 2.24) is 0 Å². The highest BCUT2D eigenvalue weighted by molar-refractivity contribution is 5.60. The van der Waals surface area contributed by atoms with Gasteiger partial charge in [0.05, 0.1) is 0 Å². The average molecular weight is 372 g/mol. The summed E-state index contributed by atoms with van der Waals surface area (Å²) in [4.78, 5) is 0. The Labute approximate surface area is 155 Å². The molecule has 27 heavy (non-hydrogen) atoms. The van der Waals surface area contributed by atoms with Crippen LogP contribution in [0.3, 0.4) is 0 Å². The van der Waals surface area contributed by atoms with E-state index in [1.807, 2.05) is 0 Å². The maximum absolute atomic E-state index is 14.8. The molecule has 0 spiro atoms. The third-order valence-electron chi connectivity index (χ3n) is 4.75. The fourth-order valence-electron chi connectivity index (χ4n) is 3.53. The second-order valence-electron chi connectivity index (χ2n) is 6.65.